The first-order valence-corrected chi connectivity index (χ1v) is 6.68. The second-order valence-corrected chi connectivity index (χ2v) is 5.46. The molecule has 0 bridgehead atoms. The van der Waals surface area contributed by atoms with Crippen molar-refractivity contribution >= 4 is 27.5 Å². The highest BCUT2D eigenvalue weighted by Crippen LogP contribution is 2.25. The van der Waals surface area contributed by atoms with Crippen molar-refractivity contribution in [1.29, 1.82) is 0 Å². The minimum absolute atomic E-state index is 0.228. The molecule has 2 N–H and O–H groups in total. The van der Waals surface area contributed by atoms with Crippen molar-refractivity contribution in [3.8, 4) is 0 Å². The molecule has 0 aliphatic rings. The molecule has 0 aliphatic heterocycles. The monoisotopic (exact) mass is 327 g/mol. The normalized spacial score (nSPS) is 12.4. The molecule has 0 radical (unpaired) electrons. The van der Waals surface area contributed by atoms with E-state index in [0.29, 0.717) is 17.0 Å². The molecule has 0 saturated heterocycles. The van der Waals surface area contributed by atoms with Crippen LogP contribution in [-0.4, -0.2) is 0 Å². The Kier molecular flexibility index (Phi) is 4.38. The molecule has 4 heteroatoms. The molecule has 0 saturated carbocycles. The Balaban J connectivity index is 2.22. The highest BCUT2D eigenvalue weighted by Gasteiger charge is 2.11. The van der Waals surface area contributed by atoms with Crippen molar-refractivity contribution in [1.82, 2.24) is 0 Å². The fourth-order valence-corrected chi connectivity index (χ4v) is 2.69. The molecular formula is C14H12BrClFN. The average molecular weight is 329 g/mol. The Morgan fingerprint density at radius 1 is 1.22 bits per heavy atom. The van der Waals surface area contributed by atoms with Crippen LogP contribution in [0.1, 0.15) is 17.2 Å². The first kappa shape index (κ1) is 13.5. The minimum Gasteiger partial charge on any atom is -0.324 e. The summed E-state index contributed by atoms with van der Waals surface area (Å²) in [6.45, 7) is 0. The van der Waals surface area contributed by atoms with Gasteiger partial charge >= 0.3 is 0 Å². The number of benzene rings is 2. The van der Waals surface area contributed by atoms with Gasteiger partial charge in [-0.2, -0.15) is 0 Å². The van der Waals surface area contributed by atoms with Crippen LogP contribution < -0.4 is 5.73 Å². The average Bonchev–Trinajstić information content (AvgIpc) is 2.31. The zero-order valence-electron chi connectivity index (χ0n) is 9.54. The van der Waals surface area contributed by atoms with Crippen LogP contribution in [0.4, 0.5) is 4.39 Å². The lowest BCUT2D eigenvalue weighted by molar-refractivity contribution is 0.593. The summed E-state index contributed by atoms with van der Waals surface area (Å²) in [5.74, 6) is -0.228. The third-order valence-electron chi connectivity index (χ3n) is 2.71. The van der Waals surface area contributed by atoms with Crippen LogP contribution in [0.2, 0.25) is 5.02 Å². The molecule has 2 aromatic carbocycles. The van der Waals surface area contributed by atoms with Gasteiger partial charge in [0.1, 0.15) is 5.82 Å². The van der Waals surface area contributed by atoms with E-state index >= 15 is 0 Å². The number of rotatable bonds is 3. The number of hydrogen-bond donors (Lipinski definition) is 1. The molecule has 2 aromatic rings. The third-order valence-corrected chi connectivity index (χ3v) is 3.39. The van der Waals surface area contributed by atoms with E-state index in [0.717, 1.165) is 10.0 Å². The van der Waals surface area contributed by atoms with Crippen LogP contribution in [-0.2, 0) is 6.42 Å². The molecule has 94 valence electrons. The third kappa shape index (κ3) is 3.31. The molecule has 1 nitrogen and oxygen atoms in total. The quantitative estimate of drug-likeness (QED) is 0.883. The van der Waals surface area contributed by atoms with Gasteiger partial charge in [-0.15, -0.1) is 0 Å². The van der Waals surface area contributed by atoms with Crippen molar-refractivity contribution < 1.29 is 4.39 Å². The topological polar surface area (TPSA) is 26.0 Å². The van der Waals surface area contributed by atoms with Crippen LogP contribution in [0.15, 0.2) is 46.9 Å². The highest BCUT2D eigenvalue weighted by molar-refractivity contribution is 9.10. The fourth-order valence-electron chi connectivity index (χ4n) is 1.81. The molecule has 18 heavy (non-hydrogen) atoms. The summed E-state index contributed by atoms with van der Waals surface area (Å²) in [5.41, 5.74) is 7.59. The molecule has 0 fully saturated rings. The van der Waals surface area contributed by atoms with E-state index in [1.165, 1.54) is 6.07 Å². The number of halogens is 3. The second-order valence-electron chi connectivity index (χ2n) is 4.10. The predicted octanol–water partition coefficient (Wildman–Crippen LogP) is 4.48. The number of hydrogen-bond acceptors (Lipinski definition) is 1. The fraction of sp³-hybridized carbons (Fsp3) is 0.143. The first-order chi connectivity index (χ1) is 8.56. The lowest BCUT2D eigenvalue weighted by Gasteiger charge is -2.13. The Morgan fingerprint density at radius 2 is 1.94 bits per heavy atom. The molecule has 1 atom stereocenters. The van der Waals surface area contributed by atoms with Crippen LogP contribution in [0, 0.1) is 5.82 Å². The van der Waals surface area contributed by atoms with Gasteiger partial charge in [0, 0.05) is 15.5 Å². The summed E-state index contributed by atoms with van der Waals surface area (Å²) in [6, 6.07) is 11.9. The van der Waals surface area contributed by atoms with Crippen LogP contribution in [0.3, 0.4) is 0 Å². The van der Waals surface area contributed by atoms with Gasteiger partial charge in [0.25, 0.3) is 0 Å². The SMILES string of the molecule is NC(Cc1ccccc1F)c1cc(Cl)cc(Br)c1. The maximum Gasteiger partial charge on any atom is 0.126 e. The van der Waals surface area contributed by atoms with E-state index in [-0.39, 0.29) is 11.9 Å². The molecule has 0 spiro atoms. The van der Waals surface area contributed by atoms with Crippen LogP contribution in [0.5, 0.6) is 0 Å². The lowest BCUT2D eigenvalue weighted by atomic mass is 9.99. The van der Waals surface area contributed by atoms with Gasteiger partial charge in [0.05, 0.1) is 0 Å². The van der Waals surface area contributed by atoms with E-state index in [2.05, 4.69) is 15.9 Å². The van der Waals surface area contributed by atoms with Gasteiger partial charge in [0.15, 0.2) is 0 Å². The summed E-state index contributed by atoms with van der Waals surface area (Å²) in [6.07, 6.45) is 0.444. The maximum atomic E-state index is 13.5. The summed E-state index contributed by atoms with van der Waals surface area (Å²) in [4.78, 5) is 0. The van der Waals surface area contributed by atoms with Crippen molar-refractivity contribution in [3.63, 3.8) is 0 Å². The maximum absolute atomic E-state index is 13.5. The molecule has 0 aliphatic carbocycles. The summed E-state index contributed by atoms with van der Waals surface area (Å²) < 4.78 is 14.4. The van der Waals surface area contributed by atoms with E-state index in [1.54, 1.807) is 30.3 Å². The molecule has 0 aromatic heterocycles. The second kappa shape index (κ2) is 5.83. The van der Waals surface area contributed by atoms with E-state index < -0.39 is 0 Å². The summed E-state index contributed by atoms with van der Waals surface area (Å²) >= 11 is 9.34. The minimum atomic E-state index is -0.281. The van der Waals surface area contributed by atoms with Crippen LogP contribution >= 0.6 is 27.5 Å². The van der Waals surface area contributed by atoms with Gasteiger partial charge < -0.3 is 5.73 Å². The standard InChI is InChI=1S/C14H12BrClFN/c15-11-5-10(6-12(16)8-11)14(18)7-9-3-1-2-4-13(9)17/h1-6,8,14H,7,18H2. The zero-order chi connectivity index (χ0) is 13.1. The Bertz CT molecular complexity index is 539. The Labute approximate surface area is 119 Å². The van der Waals surface area contributed by atoms with Crippen LogP contribution in [0.25, 0.3) is 0 Å². The highest BCUT2D eigenvalue weighted by atomic mass is 79.9. The predicted molar refractivity (Wildman–Crippen MR) is 76.2 cm³/mol. The van der Waals surface area contributed by atoms with Gasteiger partial charge in [-0.05, 0) is 41.8 Å². The summed E-state index contributed by atoms with van der Waals surface area (Å²) in [5, 5.41) is 0.614. The smallest absolute Gasteiger partial charge is 0.126 e. The van der Waals surface area contributed by atoms with E-state index in [4.69, 9.17) is 17.3 Å². The largest absolute Gasteiger partial charge is 0.324 e. The number of nitrogens with two attached hydrogens (primary N) is 1. The van der Waals surface area contributed by atoms with Crippen molar-refractivity contribution in [2.45, 2.75) is 12.5 Å². The molecule has 2 rings (SSSR count). The summed E-state index contributed by atoms with van der Waals surface area (Å²) in [7, 11) is 0. The molecular weight excluding hydrogens is 317 g/mol. The zero-order valence-corrected chi connectivity index (χ0v) is 11.9. The van der Waals surface area contributed by atoms with E-state index in [9.17, 15) is 4.39 Å². The van der Waals surface area contributed by atoms with Crippen molar-refractivity contribution in [2.24, 2.45) is 5.73 Å². The van der Waals surface area contributed by atoms with Gasteiger partial charge in [0.2, 0.25) is 0 Å². The van der Waals surface area contributed by atoms with Gasteiger partial charge in [-0.25, -0.2) is 4.39 Å². The Hall–Kier alpha value is -0.900. The van der Waals surface area contributed by atoms with Gasteiger partial charge in [-0.3, -0.25) is 0 Å². The lowest BCUT2D eigenvalue weighted by Crippen LogP contribution is -2.14. The molecule has 1 unspecified atom stereocenters. The van der Waals surface area contributed by atoms with Gasteiger partial charge in [-0.1, -0.05) is 45.7 Å². The van der Waals surface area contributed by atoms with Crippen molar-refractivity contribution in [3.05, 3.63) is 68.9 Å². The van der Waals surface area contributed by atoms with E-state index in [1.807, 2.05) is 6.07 Å². The first-order valence-electron chi connectivity index (χ1n) is 5.51. The molecule has 0 amide bonds. The Morgan fingerprint density at radius 3 is 2.61 bits per heavy atom. The van der Waals surface area contributed by atoms with Crippen molar-refractivity contribution in [2.75, 3.05) is 0 Å². The molecule has 0 heterocycles.